The fraction of sp³-hybridized carbons (Fsp3) is 0.192. The highest BCUT2D eigenvalue weighted by molar-refractivity contribution is 6.31. The smallest absolute Gasteiger partial charge is 0.307 e. The molecular formula is C26H24ClN3O3. The summed E-state index contributed by atoms with van der Waals surface area (Å²) in [7, 11) is 4.03. The Labute approximate surface area is 197 Å². The van der Waals surface area contributed by atoms with Gasteiger partial charge in [-0.1, -0.05) is 54.1 Å². The third-order valence-corrected chi connectivity index (χ3v) is 5.64. The van der Waals surface area contributed by atoms with E-state index < -0.39 is 11.9 Å². The number of hydrogen-bond acceptors (Lipinski definition) is 4. The minimum absolute atomic E-state index is 0.0641. The highest BCUT2D eigenvalue weighted by Gasteiger charge is 2.35. The molecular weight excluding hydrogens is 438 g/mol. The molecule has 4 rings (SSSR count). The van der Waals surface area contributed by atoms with Crippen molar-refractivity contribution in [2.45, 2.75) is 18.9 Å². The molecule has 1 unspecified atom stereocenters. The zero-order valence-corrected chi connectivity index (χ0v) is 19.1. The van der Waals surface area contributed by atoms with Crippen LogP contribution in [0.1, 0.15) is 28.2 Å². The number of rotatable bonds is 7. The summed E-state index contributed by atoms with van der Waals surface area (Å²) in [4.78, 5) is 31.0. The van der Waals surface area contributed by atoms with E-state index in [0.29, 0.717) is 22.0 Å². The summed E-state index contributed by atoms with van der Waals surface area (Å²) < 4.78 is 0. The van der Waals surface area contributed by atoms with Crippen molar-refractivity contribution in [3.63, 3.8) is 0 Å². The maximum absolute atomic E-state index is 13.0. The Morgan fingerprint density at radius 3 is 2.33 bits per heavy atom. The molecule has 2 N–H and O–H groups in total. The number of carbonyl (C=O) groups excluding carboxylic acids is 1. The first kappa shape index (κ1) is 22.7. The first-order chi connectivity index (χ1) is 15.8. The molecule has 0 saturated carbocycles. The number of fused-ring (bicyclic) bond motifs is 1. The lowest BCUT2D eigenvalue weighted by Crippen LogP contribution is -2.22. The predicted octanol–water partition coefficient (Wildman–Crippen LogP) is 4.89. The zero-order valence-electron chi connectivity index (χ0n) is 18.4. The van der Waals surface area contributed by atoms with Crippen LogP contribution in [-0.2, 0) is 22.6 Å². The van der Waals surface area contributed by atoms with Crippen LogP contribution in [0, 0.1) is 0 Å². The molecule has 0 aromatic heterocycles. The minimum Gasteiger partial charge on any atom is -0.481 e. The number of benzene rings is 3. The molecule has 7 heteroatoms. The summed E-state index contributed by atoms with van der Waals surface area (Å²) >= 11 is 6.12. The second kappa shape index (κ2) is 9.57. The number of aliphatic carboxylic acids is 1. The number of nitrogens with one attached hydrogen (secondary N) is 1. The fourth-order valence-corrected chi connectivity index (χ4v) is 4.12. The molecule has 3 aromatic rings. The van der Waals surface area contributed by atoms with Gasteiger partial charge in [0.25, 0.3) is 0 Å². The van der Waals surface area contributed by atoms with Crippen molar-refractivity contribution in [1.82, 2.24) is 4.90 Å². The highest BCUT2D eigenvalue weighted by atomic mass is 35.5. The van der Waals surface area contributed by atoms with Gasteiger partial charge in [-0.25, -0.2) is 0 Å². The second-order valence-corrected chi connectivity index (χ2v) is 8.76. The first-order valence-electron chi connectivity index (χ1n) is 10.5. The van der Waals surface area contributed by atoms with E-state index in [-0.39, 0.29) is 12.3 Å². The molecule has 1 amide bonds. The summed E-state index contributed by atoms with van der Waals surface area (Å²) in [5, 5.41) is 12.5. The third-order valence-electron chi connectivity index (χ3n) is 5.41. The molecule has 1 atom stereocenters. The van der Waals surface area contributed by atoms with Gasteiger partial charge in [0.15, 0.2) is 0 Å². The standard InChI is InChI=1S/C26H24ClN3O3/c1-30(2)15-17-5-10-20(11-6-17)28-25(18-7-3-16(4-8-18)13-23(31)32)24-21-12-9-19(27)14-22(21)29-26(24)33/h3-12,14,24H,13,15H2,1-2H3,(H,29,33)(H,31,32). The van der Waals surface area contributed by atoms with Gasteiger partial charge in [0.2, 0.25) is 5.91 Å². The summed E-state index contributed by atoms with van der Waals surface area (Å²) in [6.45, 7) is 0.820. The van der Waals surface area contributed by atoms with Crippen LogP contribution in [0.15, 0.2) is 71.7 Å². The van der Waals surface area contributed by atoms with Crippen molar-refractivity contribution in [2.24, 2.45) is 4.99 Å². The summed E-state index contributed by atoms with van der Waals surface area (Å²) in [5.41, 5.74) is 5.41. The normalized spacial score (nSPS) is 15.5. The van der Waals surface area contributed by atoms with Gasteiger partial charge in [0.05, 0.1) is 17.8 Å². The monoisotopic (exact) mass is 461 g/mol. The molecule has 0 spiro atoms. The van der Waals surface area contributed by atoms with E-state index in [1.807, 2.05) is 56.6 Å². The van der Waals surface area contributed by atoms with Gasteiger partial charge in [-0.2, -0.15) is 0 Å². The maximum atomic E-state index is 13.0. The maximum Gasteiger partial charge on any atom is 0.307 e. The van der Waals surface area contributed by atoms with Crippen molar-refractivity contribution in [2.75, 3.05) is 19.4 Å². The average molecular weight is 462 g/mol. The Hall–Kier alpha value is -3.48. The second-order valence-electron chi connectivity index (χ2n) is 8.32. The lowest BCUT2D eigenvalue weighted by Gasteiger charge is -2.15. The van der Waals surface area contributed by atoms with Gasteiger partial charge in [0.1, 0.15) is 5.92 Å². The van der Waals surface area contributed by atoms with E-state index in [4.69, 9.17) is 21.7 Å². The van der Waals surface area contributed by atoms with Crippen molar-refractivity contribution in [3.8, 4) is 0 Å². The van der Waals surface area contributed by atoms with E-state index in [1.54, 1.807) is 24.3 Å². The number of hydrogen-bond donors (Lipinski definition) is 2. The van der Waals surface area contributed by atoms with E-state index in [9.17, 15) is 9.59 Å². The van der Waals surface area contributed by atoms with Crippen LogP contribution in [0.2, 0.25) is 5.02 Å². The van der Waals surface area contributed by atoms with Crippen LogP contribution in [0.25, 0.3) is 0 Å². The molecule has 1 heterocycles. The van der Waals surface area contributed by atoms with E-state index in [2.05, 4.69) is 10.2 Å². The van der Waals surface area contributed by atoms with Gasteiger partial charge < -0.3 is 15.3 Å². The lowest BCUT2D eigenvalue weighted by molar-refractivity contribution is -0.136. The fourth-order valence-electron chi connectivity index (χ4n) is 3.95. The molecule has 3 aromatic carbocycles. The Bertz CT molecular complexity index is 1220. The number of amides is 1. The molecule has 1 aliphatic rings. The average Bonchev–Trinajstić information content (AvgIpc) is 3.07. The van der Waals surface area contributed by atoms with Crippen molar-refractivity contribution in [1.29, 1.82) is 0 Å². The van der Waals surface area contributed by atoms with Crippen LogP contribution in [0.5, 0.6) is 0 Å². The summed E-state index contributed by atoms with van der Waals surface area (Å²) in [5.74, 6) is -1.68. The molecule has 0 aliphatic carbocycles. The van der Waals surface area contributed by atoms with E-state index >= 15 is 0 Å². The molecule has 1 aliphatic heterocycles. The van der Waals surface area contributed by atoms with Gasteiger partial charge in [0, 0.05) is 17.3 Å². The quantitative estimate of drug-likeness (QED) is 0.491. The van der Waals surface area contributed by atoms with Gasteiger partial charge in [-0.05, 0) is 60.6 Å². The predicted molar refractivity (Wildman–Crippen MR) is 131 cm³/mol. The van der Waals surface area contributed by atoms with Crippen LogP contribution in [-0.4, -0.2) is 41.7 Å². The zero-order chi connectivity index (χ0) is 23.5. The van der Waals surface area contributed by atoms with Crippen molar-refractivity contribution >= 4 is 40.6 Å². The molecule has 33 heavy (non-hydrogen) atoms. The molecule has 168 valence electrons. The molecule has 0 saturated heterocycles. The highest BCUT2D eigenvalue weighted by Crippen LogP contribution is 2.37. The Morgan fingerprint density at radius 2 is 1.70 bits per heavy atom. The number of carboxylic acids is 1. The molecule has 0 radical (unpaired) electrons. The molecule has 0 bridgehead atoms. The van der Waals surface area contributed by atoms with Crippen molar-refractivity contribution in [3.05, 3.63) is 94.0 Å². The van der Waals surface area contributed by atoms with E-state index in [1.165, 1.54) is 0 Å². The topological polar surface area (TPSA) is 82.0 Å². The number of aliphatic imine (C=N–C) groups is 1. The first-order valence-corrected chi connectivity index (χ1v) is 10.9. The van der Waals surface area contributed by atoms with Gasteiger partial charge in [-0.3, -0.25) is 14.6 Å². The minimum atomic E-state index is -0.893. The number of carboxylic acid groups (broad SMARTS) is 1. The number of halogens is 1. The third kappa shape index (κ3) is 5.30. The summed E-state index contributed by atoms with van der Waals surface area (Å²) in [6.07, 6.45) is -0.0641. The Morgan fingerprint density at radius 1 is 1.03 bits per heavy atom. The van der Waals surface area contributed by atoms with Crippen LogP contribution in [0.4, 0.5) is 11.4 Å². The molecule has 0 fully saturated rings. The van der Waals surface area contributed by atoms with Gasteiger partial charge >= 0.3 is 5.97 Å². The van der Waals surface area contributed by atoms with Crippen LogP contribution >= 0.6 is 11.6 Å². The SMILES string of the molecule is CN(C)Cc1ccc(N=C(c2ccc(CC(=O)O)cc2)C2C(=O)Nc3cc(Cl)ccc32)cc1. The van der Waals surface area contributed by atoms with Crippen molar-refractivity contribution < 1.29 is 14.7 Å². The number of nitrogens with zero attached hydrogens (tertiary/aromatic N) is 2. The Kier molecular flexibility index (Phi) is 6.58. The van der Waals surface area contributed by atoms with Crippen LogP contribution < -0.4 is 5.32 Å². The van der Waals surface area contributed by atoms with E-state index in [0.717, 1.165) is 28.9 Å². The van der Waals surface area contributed by atoms with Crippen LogP contribution in [0.3, 0.4) is 0 Å². The van der Waals surface area contributed by atoms with Gasteiger partial charge in [-0.15, -0.1) is 0 Å². The number of anilines is 1. The Balaban J connectivity index is 1.77. The summed E-state index contributed by atoms with van der Waals surface area (Å²) in [6, 6.07) is 20.4. The lowest BCUT2D eigenvalue weighted by atomic mass is 9.90. The largest absolute Gasteiger partial charge is 0.481 e. The number of carbonyl (C=O) groups is 2. The molecule has 6 nitrogen and oxygen atoms in total.